The Morgan fingerprint density at radius 1 is 1.33 bits per heavy atom. The summed E-state index contributed by atoms with van der Waals surface area (Å²) >= 11 is 0. The van der Waals surface area contributed by atoms with Gasteiger partial charge in [-0.2, -0.15) is 0 Å². The second kappa shape index (κ2) is 4.14. The van der Waals surface area contributed by atoms with Crippen LogP contribution in [0, 0.1) is 0 Å². The lowest BCUT2D eigenvalue weighted by atomic mass is 9.77. The van der Waals surface area contributed by atoms with E-state index in [1.807, 2.05) is 13.8 Å². The van der Waals surface area contributed by atoms with Gasteiger partial charge in [-0.05, 0) is 0 Å². The number of hydrogen-bond donors (Lipinski definition) is 1. The first-order valence-corrected chi connectivity index (χ1v) is 4.07. The van der Waals surface area contributed by atoms with E-state index in [4.69, 9.17) is 5.11 Å². The predicted molar refractivity (Wildman–Crippen MR) is 42.4 cm³/mol. The molecule has 0 radical (unpaired) electrons. The van der Waals surface area contributed by atoms with Gasteiger partial charge in [0.1, 0.15) is 0 Å². The van der Waals surface area contributed by atoms with Crippen LogP contribution in [0.2, 0.25) is 0 Å². The molecule has 4 heteroatoms. The van der Waals surface area contributed by atoms with Crippen molar-refractivity contribution < 1.29 is 18.6 Å². The van der Waals surface area contributed by atoms with Crippen LogP contribution in [0.3, 0.4) is 0 Å². The maximum atomic E-state index is 12.1. The standard InChI is InChI=1S/C6H10F2O2.C2H6/c1-10-4-5(9)2-6(7,8)3-5;1-2/h9H,2-4H2,1H3;1-2H3. The monoisotopic (exact) mass is 182 g/mol. The van der Waals surface area contributed by atoms with Gasteiger partial charge in [-0.3, -0.25) is 0 Å². The summed E-state index contributed by atoms with van der Waals surface area (Å²) in [6.07, 6.45) is -0.929. The molecule has 1 saturated carbocycles. The molecule has 0 saturated heterocycles. The number of ether oxygens (including phenoxy) is 1. The topological polar surface area (TPSA) is 29.5 Å². The van der Waals surface area contributed by atoms with Gasteiger partial charge in [0.25, 0.3) is 5.92 Å². The van der Waals surface area contributed by atoms with Crippen molar-refractivity contribution in [3.8, 4) is 0 Å². The second-order valence-corrected chi connectivity index (χ2v) is 2.87. The molecule has 0 aromatic heterocycles. The highest BCUT2D eigenvalue weighted by Gasteiger charge is 2.55. The number of rotatable bonds is 2. The summed E-state index contributed by atoms with van der Waals surface area (Å²) in [5.74, 6) is -2.67. The van der Waals surface area contributed by atoms with Crippen molar-refractivity contribution in [3.05, 3.63) is 0 Å². The average molecular weight is 182 g/mol. The molecule has 0 aromatic rings. The van der Waals surface area contributed by atoms with Crippen molar-refractivity contribution in [3.63, 3.8) is 0 Å². The molecule has 0 atom stereocenters. The van der Waals surface area contributed by atoms with E-state index >= 15 is 0 Å². The molecule has 2 nitrogen and oxygen atoms in total. The highest BCUT2D eigenvalue weighted by molar-refractivity contribution is 4.99. The molecule has 1 N–H and O–H groups in total. The number of halogens is 2. The largest absolute Gasteiger partial charge is 0.387 e. The smallest absolute Gasteiger partial charge is 0.253 e. The number of aliphatic hydroxyl groups is 1. The lowest BCUT2D eigenvalue weighted by molar-refractivity contribution is -0.221. The first-order chi connectivity index (χ1) is 5.47. The van der Waals surface area contributed by atoms with Crippen LogP contribution in [0.25, 0.3) is 0 Å². The third kappa shape index (κ3) is 3.03. The Morgan fingerprint density at radius 2 is 1.75 bits per heavy atom. The van der Waals surface area contributed by atoms with Crippen molar-refractivity contribution in [1.82, 2.24) is 0 Å². The van der Waals surface area contributed by atoms with Gasteiger partial charge >= 0.3 is 0 Å². The maximum absolute atomic E-state index is 12.1. The van der Waals surface area contributed by atoms with Gasteiger partial charge in [0, 0.05) is 20.0 Å². The van der Waals surface area contributed by atoms with Crippen LogP contribution in [-0.2, 0) is 4.74 Å². The number of hydrogen-bond acceptors (Lipinski definition) is 2. The molecule has 0 bridgehead atoms. The fourth-order valence-electron chi connectivity index (χ4n) is 1.28. The van der Waals surface area contributed by atoms with E-state index in [1.165, 1.54) is 7.11 Å². The zero-order valence-corrected chi connectivity index (χ0v) is 7.73. The minimum Gasteiger partial charge on any atom is -0.387 e. The van der Waals surface area contributed by atoms with Crippen molar-refractivity contribution in [2.75, 3.05) is 13.7 Å². The van der Waals surface area contributed by atoms with Gasteiger partial charge in [-0.1, -0.05) is 13.8 Å². The Kier molecular flexibility index (Phi) is 4.06. The van der Waals surface area contributed by atoms with Crippen molar-refractivity contribution >= 4 is 0 Å². The SMILES string of the molecule is CC.COCC1(O)CC(F)(F)C1. The zero-order chi connectivity index (χ0) is 9.83. The fraction of sp³-hybridized carbons (Fsp3) is 1.00. The molecule has 1 rings (SSSR count). The van der Waals surface area contributed by atoms with E-state index in [9.17, 15) is 8.78 Å². The zero-order valence-electron chi connectivity index (χ0n) is 7.73. The third-order valence-corrected chi connectivity index (χ3v) is 1.59. The fourth-order valence-corrected chi connectivity index (χ4v) is 1.28. The minimum atomic E-state index is -2.67. The van der Waals surface area contributed by atoms with Crippen LogP contribution in [0.15, 0.2) is 0 Å². The van der Waals surface area contributed by atoms with Crippen LogP contribution in [0.5, 0.6) is 0 Å². The molecule has 0 spiro atoms. The maximum Gasteiger partial charge on any atom is 0.253 e. The third-order valence-electron chi connectivity index (χ3n) is 1.59. The van der Waals surface area contributed by atoms with Gasteiger partial charge in [0.2, 0.25) is 0 Å². The summed E-state index contributed by atoms with van der Waals surface area (Å²) in [5.41, 5.74) is -1.27. The summed E-state index contributed by atoms with van der Waals surface area (Å²) in [7, 11) is 1.38. The van der Waals surface area contributed by atoms with Gasteiger partial charge in [-0.15, -0.1) is 0 Å². The molecule has 0 amide bonds. The quantitative estimate of drug-likeness (QED) is 0.705. The van der Waals surface area contributed by atoms with E-state index in [0.29, 0.717) is 0 Å². The minimum absolute atomic E-state index is 0.00257. The first kappa shape index (κ1) is 11.8. The second-order valence-electron chi connectivity index (χ2n) is 2.87. The van der Waals surface area contributed by atoms with Crippen LogP contribution in [-0.4, -0.2) is 30.3 Å². The van der Waals surface area contributed by atoms with Gasteiger partial charge in [-0.25, -0.2) is 8.78 Å². The van der Waals surface area contributed by atoms with Crippen LogP contribution < -0.4 is 0 Å². The average Bonchev–Trinajstić information content (AvgIpc) is 1.87. The van der Waals surface area contributed by atoms with E-state index < -0.39 is 24.4 Å². The van der Waals surface area contributed by atoms with Crippen molar-refractivity contribution in [1.29, 1.82) is 0 Å². The van der Waals surface area contributed by atoms with Crippen LogP contribution >= 0.6 is 0 Å². The van der Waals surface area contributed by atoms with Crippen molar-refractivity contribution in [2.24, 2.45) is 0 Å². The Morgan fingerprint density at radius 3 is 2.00 bits per heavy atom. The van der Waals surface area contributed by atoms with Gasteiger partial charge in [0.05, 0.1) is 12.2 Å². The van der Waals surface area contributed by atoms with E-state index in [-0.39, 0.29) is 6.61 Å². The molecular formula is C8H16F2O2. The molecule has 0 heterocycles. The molecular weight excluding hydrogens is 166 g/mol. The molecule has 12 heavy (non-hydrogen) atoms. The van der Waals surface area contributed by atoms with Gasteiger partial charge < -0.3 is 9.84 Å². The highest BCUT2D eigenvalue weighted by Crippen LogP contribution is 2.45. The predicted octanol–water partition coefficient (Wildman–Crippen LogP) is 1.82. The van der Waals surface area contributed by atoms with E-state index in [2.05, 4.69) is 4.74 Å². The Balaban J connectivity index is 0.000000561. The van der Waals surface area contributed by atoms with Crippen LogP contribution in [0.1, 0.15) is 26.7 Å². The Labute approximate surface area is 71.5 Å². The summed E-state index contributed by atoms with van der Waals surface area (Å²) in [6.45, 7) is 4.00. The Hall–Kier alpha value is -0.220. The molecule has 1 aliphatic rings. The number of alkyl halides is 2. The summed E-state index contributed by atoms with van der Waals surface area (Å²) in [5, 5.41) is 9.14. The van der Waals surface area contributed by atoms with E-state index in [0.717, 1.165) is 0 Å². The lowest BCUT2D eigenvalue weighted by Crippen LogP contribution is -2.54. The Bertz CT molecular complexity index is 129. The highest BCUT2D eigenvalue weighted by atomic mass is 19.3. The molecule has 1 fully saturated rings. The molecule has 1 aliphatic carbocycles. The first-order valence-electron chi connectivity index (χ1n) is 4.07. The molecule has 0 aromatic carbocycles. The van der Waals surface area contributed by atoms with Crippen molar-refractivity contribution in [2.45, 2.75) is 38.2 Å². The summed E-state index contributed by atoms with van der Waals surface area (Å²) in [4.78, 5) is 0. The van der Waals surface area contributed by atoms with Crippen LogP contribution in [0.4, 0.5) is 8.78 Å². The van der Waals surface area contributed by atoms with Gasteiger partial charge in [0.15, 0.2) is 0 Å². The lowest BCUT2D eigenvalue weighted by Gasteiger charge is -2.42. The normalized spacial score (nSPS) is 23.5. The summed E-state index contributed by atoms with van der Waals surface area (Å²) in [6, 6.07) is 0. The van der Waals surface area contributed by atoms with E-state index in [1.54, 1.807) is 0 Å². The molecule has 74 valence electrons. The summed E-state index contributed by atoms with van der Waals surface area (Å²) < 4.78 is 28.8. The molecule has 0 unspecified atom stereocenters. The molecule has 0 aliphatic heterocycles. The number of methoxy groups -OCH3 is 1.